The van der Waals surface area contributed by atoms with Crippen LogP contribution in [0, 0.1) is 5.82 Å². The Morgan fingerprint density at radius 1 is 1.44 bits per heavy atom. The monoisotopic (exact) mass is 265 g/mol. The summed E-state index contributed by atoms with van der Waals surface area (Å²) in [6.45, 7) is 0.976. The van der Waals surface area contributed by atoms with E-state index in [4.69, 9.17) is 0 Å². The van der Waals surface area contributed by atoms with Crippen molar-refractivity contribution >= 4 is 27.3 Å². The summed E-state index contributed by atoms with van der Waals surface area (Å²) in [7, 11) is 0. The molecular formula is C13H12FNO2S. The SMILES string of the molecule is O=C(c1cc2cc(F)ccc2s1)N1CC[C@H](O)C1. The third-order valence-electron chi connectivity index (χ3n) is 3.14. The minimum Gasteiger partial charge on any atom is -0.391 e. The quantitative estimate of drug-likeness (QED) is 0.859. The van der Waals surface area contributed by atoms with E-state index in [-0.39, 0.29) is 11.7 Å². The number of halogens is 1. The van der Waals surface area contributed by atoms with Crippen LogP contribution in [-0.2, 0) is 0 Å². The van der Waals surface area contributed by atoms with Crippen molar-refractivity contribution in [1.29, 1.82) is 0 Å². The maximum Gasteiger partial charge on any atom is 0.264 e. The maximum atomic E-state index is 13.1. The van der Waals surface area contributed by atoms with Gasteiger partial charge in [-0.1, -0.05) is 0 Å². The molecule has 1 saturated heterocycles. The molecule has 0 radical (unpaired) electrons. The lowest BCUT2D eigenvalue weighted by Gasteiger charge is -2.13. The largest absolute Gasteiger partial charge is 0.391 e. The van der Waals surface area contributed by atoms with Gasteiger partial charge in [0.05, 0.1) is 11.0 Å². The van der Waals surface area contributed by atoms with Gasteiger partial charge in [0.25, 0.3) is 5.91 Å². The Morgan fingerprint density at radius 2 is 2.28 bits per heavy atom. The van der Waals surface area contributed by atoms with E-state index in [1.807, 2.05) is 0 Å². The van der Waals surface area contributed by atoms with Crippen LogP contribution >= 0.6 is 11.3 Å². The molecule has 94 valence electrons. The topological polar surface area (TPSA) is 40.5 Å². The molecule has 0 saturated carbocycles. The Kier molecular flexibility index (Phi) is 2.80. The number of fused-ring (bicyclic) bond motifs is 1. The highest BCUT2D eigenvalue weighted by Crippen LogP contribution is 2.28. The van der Waals surface area contributed by atoms with Crippen LogP contribution in [0.25, 0.3) is 10.1 Å². The number of benzene rings is 1. The average molecular weight is 265 g/mol. The number of thiophene rings is 1. The zero-order valence-electron chi connectivity index (χ0n) is 9.60. The Morgan fingerprint density at radius 3 is 3.00 bits per heavy atom. The average Bonchev–Trinajstić information content (AvgIpc) is 2.93. The first-order chi connectivity index (χ1) is 8.63. The number of likely N-dealkylation sites (tertiary alicyclic amines) is 1. The van der Waals surface area contributed by atoms with E-state index in [0.717, 1.165) is 10.1 Å². The van der Waals surface area contributed by atoms with Gasteiger partial charge in [-0.25, -0.2) is 4.39 Å². The van der Waals surface area contributed by atoms with Crippen LogP contribution in [0.4, 0.5) is 4.39 Å². The van der Waals surface area contributed by atoms with Crippen molar-refractivity contribution in [3.05, 3.63) is 35.0 Å². The van der Waals surface area contributed by atoms with E-state index in [2.05, 4.69) is 0 Å². The molecule has 1 aromatic carbocycles. The second-order valence-electron chi connectivity index (χ2n) is 4.49. The summed E-state index contributed by atoms with van der Waals surface area (Å²) in [6.07, 6.45) is 0.214. The lowest BCUT2D eigenvalue weighted by molar-refractivity contribution is 0.0770. The highest BCUT2D eigenvalue weighted by Gasteiger charge is 2.26. The predicted molar refractivity (Wildman–Crippen MR) is 68.3 cm³/mol. The number of hydrogen-bond acceptors (Lipinski definition) is 3. The second kappa shape index (κ2) is 4.33. The van der Waals surface area contributed by atoms with Crippen LogP contribution in [0.5, 0.6) is 0 Å². The second-order valence-corrected chi connectivity index (χ2v) is 5.57. The third-order valence-corrected chi connectivity index (χ3v) is 4.24. The van der Waals surface area contributed by atoms with Crippen molar-refractivity contribution in [2.45, 2.75) is 12.5 Å². The molecule has 1 aromatic heterocycles. The van der Waals surface area contributed by atoms with E-state index in [1.54, 1.807) is 17.0 Å². The highest BCUT2D eigenvalue weighted by molar-refractivity contribution is 7.20. The molecule has 0 unspecified atom stereocenters. The fourth-order valence-electron chi connectivity index (χ4n) is 2.20. The number of aliphatic hydroxyl groups is 1. The van der Waals surface area contributed by atoms with E-state index in [9.17, 15) is 14.3 Å². The molecule has 0 spiro atoms. The number of carbonyl (C=O) groups excluding carboxylic acids is 1. The minimum absolute atomic E-state index is 0.0758. The fraction of sp³-hybridized carbons (Fsp3) is 0.308. The molecule has 18 heavy (non-hydrogen) atoms. The van der Waals surface area contributed by atoms with Crippen molar-refractivity contribution < 1.29 is 14.3 Å². The lowest BCUT2D eigenvalue weighted by Crippen LogP contribution is -2.28. The first-order valence-electron chi connectivity index (χ1n) is 5.80. The normalized spacial score (nSPS) is 19.7. The number of nitrogens with zero attached hydrogens (tertiary/aromatic N) is 1. The first kappa shape index (κ1) is 11.6. The van der Waals surface area contributed by atoms with Gasteiger partial charge >= 0.3 is 0 Å². The zero-order chi connectivity index (χ0) is 12.7. The molecule has 3 rings (SSSR count). The summed E-state index contributed by atoms with van der Waals surface area (Å²) in [5, 5.41) is 10.2. The van der Waals surface area contributed by atoms with Gasteiger partial charge in [-0.05, 0) is 36.1 Å². The van der Waals surface area contributed by atoms with Crippen LogP contribution in [0.2, 0.25) is 0 Å². The van der Waals surface area contributed by atoms with Crippen LogP contribution in [0.3, 0.4) is 0 Å². The molecule has 0 bridgehead atoms. The van der Waals surface area contributed by atoms with Gasteiger partial charge in [0, 0.05) is 17.8 Å². The van der Waals surface area contributed by atoms with E-state index in [0.29, 0.717) is 24.4 Å². The summed E-state index contributed by atoms with van der Waals surface area (Å²) in [5.74, 6) is -0.371. The molecule has 3 nitrogen and oxygen atoms in total. The molecule has 1 fully saturated rings. The molecule has 0 aliphatic carbocycles. The van der Waals surface area contributed by atoms with E-state index >= 15 is 0 Å². The van der Waals surface area contributed by atoms with Gasteiger partial charge in [0.15, 0.2) is 0 Å². The zero-order valence-corrected chi connectivity index (χ0v) is 10.4. The van der Waals surface area contributed by atoms with Crippen LogP contribution in [0.1, 0.15) is 16.1 Å². The van der Waals surface area contributed by atoms with Gasteiger partial charge < -0.3 is 10.0 Å². The molecule has 1 atom stereocenters. The first-order valence-corrected chi connectivity index (χ1v) is 6.61. The van der Waals surface area contributed by atoms with Crippen molar-refractivity contribution in [2.75, 3.05) is 13.1 Å². The summed E-state index contributed by atoms with van der Waals surface area (Å²) in [6, 6.07) is 6.23. The Bertz CT molecular complexity index is 610. The van der Waals surface area contributed by atoms with E-state index in [1.165, 1.54) is 23.5 Å². The van der Waals surface area contributed by atoms with Crippen LogP contribution < -0.4 is 0 Å². The summed E-state index contributed by atoms with van der Waals surface area (Å²) in [5.41, 5.74) is 0. The van der Waals surface area contributed by atoms with Crippen LogP contribution in [-0.4, -0.2) is 35.1 Å². The molecule has 2 heterocycles. The maximum absolute atomic E-state index is 13.1. The molecule has 1 amide bonds. The number of carbonyl (C=O) groups is 1. The van der Waals surface area contributed by atoms with E-state index < -0.39 is 6.10 Å². The molecule has 1 N–H and O–H groups in total. The number of rotatable bonds is 1. The number of amides is 1. The van der Waals surface area contributed by atoms with Gasteiger partial charge in [0.1, 0.15) is 5.82 Å². The van der Waals surface area contributed by atoms with Gasteiger partial charge in [-0.15, -0.1) is 11.3 Å². The molecule has 1 aliphatic rings. The smallest absolute Gasteiger partial charge is 0.264 e. The Balaban J connectivity index is 1.92. The number of β-amino-alcohol motifs (C(OH)–C–C–N with tert-alkyl or cyclic N) is 1. The van der Waals surface area contributed by atoms with Crippen LogP contribution in [0.15, 0.2) is 24.3 Å². The summed E-state index contributed by atoms with van der Waals surface area (Å²) < 4.78 is 14.0. The van der Waals surface area contributed by atoms with Gasteiger partial charge in [-0.3, -0.25) is 4.79 Å². The number of hydrogen-bond donors (Lipinski definition) is 1. The Labute approximate surface area is 107 Å². The fourth-order valence-corrected chi connectivity index (χ4v) is 3.21. The molecule has 5 heteroatoms. The van der Waals surface area contributed by atoms with Gasteiger partial charge in [-0.2, -0.15) is 0 Å². The lowest BCUT2D eigenvalue weighted by atomic mass is 10.2. The van der Waals surface area contributed by atoms with Crippen molar-refractivity contribution in [1.82, 2.24) is 4.90 Å². The summed E-state index contributed by atoms with van der Waals surface area (Å²) in [4.78, 5) is 14.4. The van der Waals surface area contributed by atoms with Crippen molar-refractivity contribution in [2.24, 2.45) is 0 Å². The Hall–Kier alpha value is -1.46. The minimum atomic E-state index is -0.416. The van der Waals surface area contributed by atoms with Crippen molar-refractivity contribution in [3.63, 3.8) is 0 Å². The standard InChI is InChI=1S/C13H12FNO2S/c14-9-1-2-11-8(5-9)6-12(18-11)13(17)15-4-3-10(16)7-15/h1-2,5-6,10,16H,3-4,7H2/t10-/m0/s1. The molecule has 2 aromatic rings. The predicted octanol–water partition coefficient (Wildman–Crippen LogP) is 2.25. The molecular weight excluding hydrogens is 253 g/mol. The van der Waals surface area contributed by atoms with Crippen molar-refractivity contribution in [3.8, 4) is 0 Å². The molecule has 1 aliphatic heterocycles. The number of aliphatic hydroxyl groups excluding tert-OH is 1. The highest BCUT2D eigenvalue weighted by atomic mass is 32.1. The summed E-state index contributed by atoms with van der Waals surface area (Å²) >= 11 is 1.36. The van der Waals surface area contributed by atoms with Gasteiger partial charge in [0.2, 0.25) is 0 Å². The third kappa shape index (κ3) is 2.00.